The second-order valence-electron chi connectivity index (χ2n) is 13.4. The number of hydrogen-bond donors (Lipinski definition) is 3. The number of aliphatic hydroxyl groups excluding tert-OH is 1. The van der Waals surface area contributed by atoms with Crippen LogP contribution in [0.3, 0.4) is 0 Å². The fourth-order valence-electron chi connectivity index (χ4n) is 5.25. The van der Waals surface area contributed by atoms with E-state index in [0.29, 0.717) is 40.5 Å². The van der Waals surface area contributed by atoms with Crippen LogP contribution in [0.15, 0.2) is 22.2 Å². The Bertz CT molecular complexity index is 1280. The van der Waals surface area contributed by atoms with Crippen LogP contribution in [0, 0.1) is 18.3 Å². The fourth-order valence-corrected chi connectivity index (χ4v) is 6.48. The molecule has 1 amide bonds. The van der Waals surface area contributed by atoms with Crippen LogP contribution in [0.2, 0.25) is 5.02 Å². The third-order valence-electron chi connectivity index (χ3n) is 8.36. The van der Waals surface area contributed by atoms with Gasteiger partial charge in [0, 0.05) is 48.7 Å². The second kappa shape index (κ2) is 12.3. The van der Waals surface area contributed by atoms with Gasteiger partial charge < -0.3 is 30.1 Å². The Morgan fingerprint density at radius 2 is 1.83 bits per heavy atom. The Morgan fingerprint density at radius 1 is 1.19 bits per heavy atom. The van der Waals surface area contributed by atoms with Crippen LogP contribution in [0.25, 0.3) is 0 Å². The number of carbonyl (C=O) groups excluding carboxylic acids is 1. The van der Waals surface area contributed by atoms with Crippen molar-refractivity contribution in [2.24, 2.45) is 11.3 Å². The van der Waals surface area contributed by atoms with Crippen molar-refractivity contribution in [1.82, 2.24) is 20.3 Å². The van der Waals surface area contributed by atoms with Crippen molar-refractivity contribution in [2.75, 3.05) is 36.0 Å². The van der Waals surface area contributed by atoms with Crippen molar-refractivity contribution in [1.29, 1.82) is 0 Å². The number of pyridine rings is 1. The summed E-state index contributed by atoms with van der Waals surface area (Å²) in [5.74, 6) is 1.54. The monoisotopic (exact) mass is 620 g/mol. The first-order valence-electron chi connectivity index (χ1n) is 14.5. The zero-order valence-corrected chi connectivity index (χ0v) is 27.6. The minimum absolute atomic E-state index is 0.0626. The molecule has 1 atom stereocenters. The third-order valence-corrected chi connectivity index (χ3v) is 9.80. The van der Waals surface area contributed by atoms with Crippen molar-refractivity contribution in [3.63, 3.8) is 0 Å². The number of aryl methyl sites for hydroxylation is 1. The number of carbonyl (C=O) groups is 1. The smallest absolute Gasteiger partial charge is 0.407 e. The molecule has 4 rings (SSSR count). The Morgan fingerprint density at radius 3 is 2.40 bits per heavy atom. The molecule has 0 aliphatic carbocycles. The normalized spacial score (nSPS) is 18.5. The Balaban J connectivity index is 1.42. The first kappa shape index (κ1) is 32.6. The highest BCUT2D eigenvalue weighted by molar-refractivity contribution is 7.99. The molecule has 12 heteroatoms. The van der Waals surface area contributed by atoms with E-state index < -0.39 is 17.3 Å². The maximum absolute atomic E-state index is 12.3. The van der Waals surface area contributed by atoms with Crippen molar-refractivity contribution >= 4 is 41.1 Å². The van der Waals surface area contributed by atoms with E-state index in [9.17, 15) is 15.0 Å². The summed E-state index contributed by atoms with van der Waals surface area (Å²) >= 11 is 8.21. The summed E-state index contributed by atoms with van der Waals surface area (Å²) in [7, 11) is 0. The molecule has 4 heterocycles. The minimum atomic E-state index is -0.745. The van der Waals surface area contributed by atoms with Gasteiger partial charge in [-0.3, -0.25) is 0 Å². The first-order chi connectivity index (χ1) is 19.5. The number of ether oxygens (including phenoxy) is 1. The predicted octanol–water partition coefficient (Wildman–Crippen LogP) is 5.20. The quantitative estimate of drug-likeness (QED) is 0.362. The van der Waals surface area contributed by atoms with Crippen LogP contribution >= 0.6 is 23.4 Å². The van der Waals surface area contributed by atoms with E-state index in [4.69, 9.17) is 26.3 Å². The van der Waals surface area contributed by atoms with E-state index >= 15 is 0 Å². The fraction of sp³-hybridized carbons (Fsp3) is 0.667. The highest BCUT2D eigenvalue weighted by Crippen LogP contribution is 2.42. The summed E-state index contributed by atoms with van der Waals surface area (Å²) in [4.78, 5) is 31.5. The lowest BCUT2D eigenvalue weighted by Crippen LogP contribution is -2.56. The first-order valence-corrected chi connectivity index (χ1v) is 15.7. The summed E-state index contributed by atoms with van der Waals surface area (Å²) < 4.78 is 5.44. The molecule has 3 N–H and O–H groups in total. The number of anilines is 2. The standard InChI is InChI=1S/C30H45ClN6O4S/c1-18-13-22(24(31)26(33-18)37-15-20(16-37)29(6,7)40)42-23-14-32-25(21(17-38)35-23)36-11-9-30(8,10-12-36)19(2)34-27(39)41-28(3,4)5/h13-14,19-20,38,40H,9-12,15-17H2,1-8H3,(H,34,39). The molecule has 2 aliphatic heterocycles. The van der Waals surface area contributed by atoms with Crippen LogP contribution in [0.4, 0.5) is 16.4 Å². The molecule has 42 heavy (non-hydrogen) atoms. The number of nitrogens with zero attached hydrogens (tertiary/aromatic N) is 5. The number of amides is 1. The molecule has 0 radical (unpaired) electrons. The van der Waals surface area contributed by atoms with E-state index in [0.717, 1.165) is 36.5 Å². The van der Waals surface area contributed by atoms with E-state index in [1.807, 2.05) is 54.5 Å². The maximum atomic E-state index is 12.3. The molecule has 10 nitrogen and oxygen atoms in total. The minimum Gasteiger partial charge on any atom is -0.444 e. The Hall–Kier alpha value is -2.34. The van der Waals surface area contributed by atoms with Gasteiger partial charge in [0.1, 0.15) is 22.1 Å². The van der Waals surface area contributed by atoms with E-state index in [2.05, 4.69) is 27.0 Å². The van der Waals surface area contributed by atoms with Crippen molar-refractivity contribution in [3.8, 4) is 0 Å². The Labute approximate surface area is 258 Å². The van der Waals surface area contributed by atoms with Gasteiger partial charge in [-0.25, -0.2) is 19.7 Å². The molecule has 0 aromatic carbocycles. The second-order valence-corrected chi connectivity index (χ2v) is 14.8. The van der Waals surface area contributed by atoms with Gasteiger partial charge in [0.25, 0.3) is 0 Å². The molecule has 2 aromatic rings. The van der Waals surface area contributed by atoms with Crippen molar-refractivity contribution in [2.45, 2.75) is 102 Å². The molecule has 2 saturated heterocycles. The number of hydrogen-bond acceptors (Lipinski definition) is 10. The molecule has 232 valence electrons. The lowest BCUT2D eigenvalue weighted by atomic mass is 9.74. The largest absolute Gasteiger partial charge is 0.444 e. The number of aromatic nitrogens is 3. The summed E-state index contributed by atoms with van der Waals surface area (Å²) in [6, 6.07) is 1.86. The maximum Gasteiger partial charge on any atom is 0.407 e. The SMILES string of the molecule is Cc1cc(Sc2cnc(N3CCC(C)(C(C)NC(=O)OC(C)(C)C)CC3)c(CO)n2)c(Cl)c(N2CC(C(C)(C)O)C2)n1. The number of rotatable bonds is 8. The van der Waals surface area contributed by atoms with Gasteiger partial charge in [0.2, 0.25) is 0 Å². The molecular weight excluding hydrogens is 576 g/mol. The van der Waals surface area contributed by atoms with Gasteiger partial charge in [-0.2, -0.15) is 0 Å². The molecular formula is C30H45ClN6O4S. The highest BCUT2D eigenvalue weighted by Gasteiger charge is 2.40. The van der Waals surface area contributed by atoms with Crippen LogP contribution in [-0.4, -0.2) is 74.7 Å². The van der Waals surface area contributed by atoms with Gasteiger partial charge in [0.05, 0.1) is 23.4 Å². The van der Waals surface area contributed by atoms with E-state index in [-0.39, 0.29) is 24.0 Å². The topological polar surface area (TPSA) is 124 Å². The van der Waals surface area contributed by atoms with Gasteiger partial charge in [-0.15, -0.1) is 0 Å². The number of aliphatic hydroxyl groups is 2. The Kier molecular flexibility index (Phi) is 9.57. The molecule has 2 aromatic heterocycles. The molecule has 0 bridgehead atoms. The van der Waals surface area contributed by atoms with Crippen LogP contribution in [0.5, 0.6) is 0 Å². The lowest BCUT2D eigenvalue weighted by molar-refractivity contribution is 0.00436. The zero-order chi connectivity index (χ0) is 31.0. The van der Waals surface area contributed by atoms with Crippen LogP contribution < -0.4 is 15.1 Å². The van der Waals surface area contributed by atoms with Crippen LogP contribution in [-0.2, 0) is 11.3 Å². The lowest BCUT2D eigenvalue weighted by Gasteiger charge is -2.46. The summed E-state index contributed by atoms with van der Waals surface area (Å²) in [6.45, 7) is 18.0. The average molecular weight is 621 g/mol. The average Bonchev–Trinajstić information content (AvgIpc) is 2.84. The predicted molar refractivity (Wildman–Crippen MR) is 166 cm³/mol. The van der Waals surface area contributed by atoms with Gasteiger partial charge in [-0.05, 0) is 72.8 Å². The zero-order valence-electron chi connectivity index (χ0n) is 26.0. The molecule has 0 spiro atoms. The van der Waals surface area contributed by atoms with Gasteiger partial charge >= 0.3 is 6.09 Å². The number of piperidine rings is 1. The molecule has 2 fully saturated rings. The molecule has 2 aliphatic rings. The number of halogens is 1. The van der Waals surface area contributed by atoms with Crippen LogP contribution in [0.1, 0.15) is 72.7 Å². The van der Waals surface area contributed by atoms with E-state index in [1.165, 1.54) is 11.8 Å². The van der Waals surface area contributed by atoms with Crippen molar-refractivity contribution < 1.29 is 19.7 Å². The summed E-state index contributed by atoms with van der Waals surface area (Å²) in [5.41, 5.74) is -0.0428. The third kappa shape index (κ3) is 7.59. The summed E-state index contributed by atoms with van der Waals surface area (Å²) in [5, 5.41) is 24.7. The number of alkyl carbamates (subject to hydrolysis) is 1. The molecule has 0 saturated carbocycles. The summed E-state index contributed by atoms with van der Waals surface area (Å²) in [6.07, 6.45) is 3.00. The highest BCUT2D eigenvalue weighted by atomic mass is 35.5. The number of nitrogens with one attached hydrogen (secondary N) is 1. The van der Waals surface area contributed by atoms with Gasteiger partial charge in [-0.1, -0.05) is 30.3 Å². The van der Waals surface area contributed by atoms with Crippen molar-refractivity contribution in [3.05, 3.63) is 28.7 Å². The van der Waals surface area contributed by atoms with Gasteiger partial charge in [0.15, 0.2) is 5.82 Å². The van der Waals surface area contributed by atoms with E-state index in [1.54, 1.807) is 6.20 Å². The molecule has 1 unspecified atom stereocenters.